The minimum Gasteiger partial charge on any atom is -0.386 e. The Kier molecular flexibility index (Phi) is 3.19. The molecule has 0 aromatic rings. The Morgan fingerprint density at radius 1 is 1.86 bits per heavy atom. The molecular weight excluding hydrogens is 88.1 g/mol. The Morgan fingerprint density at radius 3 is 2.57 bits per heavy atom. The predicted octanol–water partition coefficient (Wildman–Crippen LogP) is 0.416. The molecule has 0 aliphatic carbocycles. The molecule has 0 fully saturated rings. The topological polar surface area (TPSA) is 38.0 Å². The van der Waals surface area contributed by atoms with Crippen LogP contribution in [0.5, 0.6) is 0 Å². The smallest absolute Gasteiger partial charge is 0.0915 e. The lowest BCUT2D eigenvalue weighted by atomic mass is 10.6. The highest BCUT2D eigenvalue weighted by Gasteiger charge is 1.75. The van der Waals surface area contributed by atoms with E-state index in [-0.39, 0.29) is 0 Å². The standard InChI is InChI=1S/C5H12N2/c1-3-5(6)7-4-2/h3,7H,4,6H2,1-2H3/b5-3-. The van der Waals surface area contributed by atoms with E-state index < -0.39 is 0 Å². The van der Waals surface area contributed by atoms with Gasteiger partial charge in [0.15, 0.2) is 0 Å². The van der Waals surface area contributed by atoms with Crippen molar-refractivity contribution >= 4 is 0 Å². The molecule has 0 amide bonds. The van der Waals surface area contributed by atoms with E-state index in [1.807, 2.05) is 19.9 Å². The molecule has 0 spiro atoms. The van der Waals surface area contributed by atoms with E-state index in [2.05, 4.69) is 5.32 Å². The summed E-state index contributed by atoms with van der Waals surface area (Å²) in [5, 5.41) is 2.93. The summed E-state index contributed by atoms with van der Waals surface area (Å²) in [4.78, 5) is 0. The Morgan fingerprint density at radius 2 is 2.43 bits per heavy atom. The molecule has 2 heteroatoms. The SMILES string of the molecule is C/C=C(/N)NCC. The molecule has 0 heterocycles. The first-order valence-corrected chi connectivity index (χ1v) is 2.47. The summed E-state index contributed by atoms with van der Waals surface area (Å²) in [5.74, 6) is 0.752. The third-order valence-corrected chi connectivity index (χ3v) is 0.692. The van der Waals surface area contributed by atoms with E-state index >= 15 is 0 Å². The minimum absolute atomic E-state index is 0.752. The van der Waals surface area contributed by atoms with Crippen LogP contribution in [0.3, 0.4) is 0 Å². The van der Waals surface area contributed by atoms with Crippen LogP contribution in [0.1, 0.15) is 13.8 Å². The van der Waals surface area contributed by atoms with Gasteiger partial charge >= 0.3 is 0 Å². The molecule has 0 atom stereocenters. The first kappa shape index (κ1) is 6.34. The molecule has 0 aliphatic heterocycles. The van der Waals surface area contributed by atoms with Gasteiger partial charge in [-0.15, -0.1) is 0 Å². The lowest BCUT2D eigenvalue weighted by Crippen LogP contribution is -2.18. The first-order valence-electron chi connectivity index (χ1n) is 2.47. The van der Waals surface area contributed by atoms with Gasteiger partial charge < -0.3 is 11.1 Å². The van der Waals surface area contributed by atoms with Crippen LogP contribution in [0.15, 0.2) is 11.9 Å². The van der Waals surface area contributed by atoms with Crippen molar-refractivity contribution in [2.24, 2.45) is 5.73 Å². The summed E-state index contributed by atoms with van der Waals surface area (Å²) < 4.78 is 0. The number of allylic oxidation sites excluding steroid dienone is 1. The molecule has 0 rings (SSSR count). The van der Waals surface area contributed by atoms with Gasteiger partial charge in [0, 0.05) is 6.54 Å². The normalized spacial score (nSPS) is 11.4. The Balaban J connectivity index is 3.17. The zero-order valence-electron chi connectivity index (χ0n) is 4.86. The molecule has 0 radical (unpaired) electrons. The van der Waals surface area contributed by atoms with Gasteiger partial charge in [-0.2, -0.15) is 0 Å². The van der Waals surface area contributed by atoms with Gasteiger partial charge in [-0.1, -0.05) is 0 Å². The Hall–Kier alpha value is -0.660. The summed E-state index contributed by atoms with van der Waals surface area (Å²) in [7, 11) is 0. The monoisotopic (exact) mass is 100 g/mol. The van der Waals surface area contributed by atoms with E-state index in [0.29, 0.717) is 0 Å². The summed E-state index contributed by atoms with van der Waals surface area (Å²) in [6.45, 7) is 4.81. The van der Waals surface area contributed by atoms with Crippen molar-refractivity contribution in [1.29, 1.82) is 0 Å². The third-order valence-electron chi connectivity index (χ3n) is 0.692. The fourth-order valence-corrected chi connectivity index (χ4v) is 0.306. The summed E-state index contributed by atoms with van der Waals surface area (Å²) in [6.07, 6.45) is 1.84. The van der Waals surface area contributed by atoms with Gasteiger partial charge in [-0.25, -0.2) is 0 Å². The van der Waals surface area contributed by atoms with Gasteiger partial charge in [-0.3, -0.25) is 0 Å². The molecule has 7 heavy (non-hydrogen) atoms. The molecule has 0 unspecified atom stereocenters. The second kappa shape index (κ2) is 3.53. The van der Waals surface area contributed by atoms with Crippen LogP contribution in [0, 0.1) is 0 Å². The van der Waals surface area contributed by atoms with E-state index in [0.717, 1.165) is 12.4 Å². The maximum Gasteiger partial charge on any atom is 0.0915 e. The van der Waals surface area contributed by atoms with Gasteiger partial charge in [0.2, 0.25) is 0 Å². The maximum absolute atomic E-state index is 5.33. The van der Waals surface area contributed by atoms with E-state index in [1.165, 1.54) is 0 Å². The number of rotatable bonds is 2. The molecule has 2 nitrogen and oxygen atoms in total. The van der Waals surface area contributed by atoms with Crippen LogP contribution in [0.4, 0.5) is 0 Å². The predicted molar refractivity (Wildman–Crippen MR) is 31.6 cm³/mol. The second-order valence-electron chi connectivity index (χ2n) is 1.27. The van der Waals surface area contributed by atoms with Crippen molar-refractivity contribution in [3.8, 4) is 0 Å². The van der Waals surface area contributed by atoms with Crippen molar-refractivity contribution in [2.45, 2.75) is 13.8 Å². The first-order chi connectivity index (χ1) is 3.31. The van der Waals surface area contributed by atoms with E-state index in [9.17, 15) is 0 Å². The molecule has 42 valence electrons. The van der Waals surface area contributed by atoms with Crippen LogP contribution < -0.4 is 11.1 Å². The van der Waals surface area contributed by atoms with Gasteiger partial charge in [0.25, 0.3) is 0 Å². The number of hydrogen-bond donors (Lipinski definition) is 2. The van der Waals surface area contributed by atoms with E-state index in [4.69, 9.17) is 5.73 Å². The molecule has 0 aliphatic rings. The van der Waals surface area contributed by atoms with Crippen LogP contribution in [0.2, 0.25) is 0 Å². The van der Waals surface area contributed by atoms with Crippen LogP contribution in [-0.4, -0.2) is 6.54 Å². The van der Waals surface area contributed by atoms with Crippen molar-refractivity contribution in [1.82, 2.24) is 5.32 Å². The largest absolute Gasteiger partial charge is 0.386 e. The fourth-order valence-electron chi connectivity index (χ4n) is 0.306. The summed E-state index contributed by atoms with van der Waals surface area (Å²) >= 11 is 0. The second-order valence-corrected chi connectivity index (χ2v) is 1.27. The Labute approximate surface area is 44.4 Å². The van der Waals surface area contributed by atoms with E-state index in [1.54, 1.807) is 0 Å². The van der Waals surface area contributed by atoms with Gasteiger partial charge in [0.05, 0.1) is 5.82 Å². The summed E-state index contributed by atoms with van der Waals surface area (Å²) in [6, 6.07) is 0. The zero-order chi connectivity index (χ0) is 5.70. The van der Waals surface area contributed by atoms with Crippen LogP contribution >= 0.6 is 0 Å². The minimum atomic E-state index is 0.752. The average molecular weight is 100 g/mol. The van der Waals surface area contributed by atoms with Crippen molar-refractivity contribution < 1.29 is 0 Å². The number of nitrogens with two attached hydrogens (primary N) is 1. The molecule has 0 saturated heterocycles. The maximum atomic E-state index is 5.33. The van der Waals surface area contributed by atoms with Crippen molar-refractivity contribution in [3.63, 3.8) is 0 Å². The van der Waals surface area contributed by atoms with Crippen molar-refractivity contribution in [2.75, 3.05) is 6.54 Å². The summed E-state index contributed by atoms with van der Waals surface area (Å²) in [5.41, 5.74) is 5.33. The number of nitrogens with one attached hydrogen (secondary N) is 1. The van der Waals surface area contributed by atoms with Crippen molar-refractivity contribution in [3.05, 3.63) is 11.9 Å². The van der Waals surface area contributed by atoms with Crippen LogP contribution in [0.25, 0.3) is 0 Å². The molecule has 0 aromatic carbocycles. The quantitative estimate of drug-likeness (QED) is 0.527. The third kappa shape index (κ3) is 3.16. The number of hydrogen-bond acceptors (Lipinski definition) is 2. The Bertz CT molecular complexity index is 66.5. The highest BCUT2D eigenvalue weighted by Crippen LogP contribution is 1.70. The molecule has 3 N–H and O–H groups in total. The molecular formula is C5H12N2. The molecule has 0 aromatic heterocycles. The van der Waals surface area contributed by atoms with Crippen LogP contribution in [-0.2, 0) is 0 Å². The molecule has 0 saturated carbocycles. The zero-order valence-corrected chi connectivity index (χ0v) is 4.86. The van der Waals surface area contributed by atoms with Gasteiger partial charge in [0.1, 0.15) is 0 Å². The fraction of sp³-hybridized carbons (Fsp3) is 0.600. The highest BCUT2D eigenvalue weighted by molar-refractivity contribution is 4.89. The average Bonchev–Trinajstić information content (AvgIpc) is 1.68. The lowest BCUT2D eigenvalue weighted by Gasteiger charge is -1.97. The lowest BCUT2D eigenvalue weighted by molar-refractivity contribution is 0.838. The van der Waals surface area contributed by atoms with Gasteiger partial charge in [-0.05, 0) is 19.9 Å². The highest BCUT2D eigenvalue weighted by atomic mass is 15.0. The molecule has 0 bridgehead atoms.